The lowest BCUT2D eigenvalue weighted by molar-refractivity contribution is 0.770. The Balaban J connectivity index is 1.83. The van der Waals surface area contributed by atoms with Crippen molar-refractivity contribution in [3.63, 3.8) is 0 Å². The summed E-state index contributed by atoms with van der Waals surface area (Å²) in [7, 11) is 1.91. The van der Waals surface area contributed by atoms with Gasteiger partial charge in [-0.05, 0) is 0 Å². The molecule has 106 valence electrons. The molecule has 0 amide bonds. The molecule has 6 heteroatoms. The van der Waals surface area contributed by atoms with Gasteiger partial charge in [-0.1, -0.05) is 41.9 Å². The van der Waals surface area contributed by atoms with E-state index in [2.05, 4.69) is 20.4 Å². The van der Waals surface area contributed by atoms with Crippen molar-refractivity contribution >= 4 is 17.4 Å². The van der Waals surface area contributed by atoms with Gasteiger partial charge in [0.1, 0.15) is 11.0 Å². The normalized spacial score (nSPS) is 10.6. The molecule has 21 heavy (non-hydrogen) atoms. The topological polar surface area (TPSA) is 55.6 Å². The highest BCUT2D eigenvalue weighted by Crippen LogP contribution is 2.22. The summed E-state index contributed by atoms with van der Waals surface area (Å²) in [5.41, 5.74) is 3.14. The van der Waals surface area contributed by atoms with E-state index in [0.29, 0.717) is 17.5 Å². The average molecular weight is 300 g/mol. The Kier molecular flexibility index (Phi) is 3.83. The molecule has 3 aromatic rings. The zero-order chi connectivity index (χ0) is 14.7. The zero-order valence-corrected chi connectivity index (χ0v) is 12.2. The van der Waals surface area contributed by atoms with Crippen molar-refractivity contribution in [2.24, 2.45) is 7.05 Å². The fourth-order valence-corrected chi connectivity index (χ4v) is 2.27. The Morgan fingerprint density at radius 2 is 2.00 bits per heavy atom. The fraction of sp³-hybridized carbons (Fsp3) is 0.133. The Morgan fingerprint density at radius 3 is 2.76 bits per heavy atom. The number of nitrogens with one attached hydrogen (secondary N) is 1. The molecular weight excluding hydrogens is 286 g/mol. The second-order valence-electron chi connectivity index (χ2n) is 4.62. The number of aryl methyl sites for hydroxylation is 1. The summed E-state index contributed by atoms with van der Waals surface area (Å²) >= 11 is 5.83. The van der Waals surface area contributed by atoms with E-state index in [4.69, 9.17) is 11.6 Å². The van der Waals surface area contributed by atoms with Crippen molar-refractivity contribution in [3.8, 4) is 11.3 Å². The van der Waals surface area contributed by atoms with Crippen LogP contribution in [0.25, 0.3) is 11.3 Å². The Hall–Kier alpha value is -2.40. The summed E-state index contributed by atoms with van der Waals surface area (Å²) < 4.78 is 1.81. The smallest absolute Gasteiger partial charge is 0.149 e. The molecule has 0 saturated heterocycles. The van der Waals surface area contributed by atoms with Crippen LogP contribution in [0, 0.1) is 0 Å². The lowest BCUT2D eigenvalue weighted by Gasteiger charge is -2.05. The van der Waals surface area contributed by atoms with Crippen LogP contribution < -0.4 is 5.32 Å². The van der Waals surface area contributed by atoms with E-state index < -0.39 is 0 Å². The van der Waals surface area contributed by atoms with Gasteiger partial charge >= 0.3 is 0 Å². The number of aromatic nitrogens is 4. The van der Waals surface area contributed by atoms with Gasteiger partial charge in [0.15, 0.2) is 0 Å². The molecule has 0 unspecified atom stereocenters. The highest BCUT2D eigenvalue weighted by molar-refractivity contribution is 6.29. The van der Waals surface area contributed by atoms with Gasteiger partial charge in [0.05, 0.1) is 18.1 Å². The van der Waals surface area contributed by atoms with E-state index in [1.54, 1.807) is 6.20 Å². The Bertz CT molecular complexity index is 739. The molecule has 0 fully saturated rings. The van der Waals surface area contributed by atoms with Crippen LogP contribution in [0.2, 0.25) is 5.15 Å². The first kappa shape index (κ1) is 13.6. The first-order valence-corrected chi connectivity index (χ1v) is 6.89. The van der Waals surface area contributed by atoms with Crippen molar-refractivity contribution in [1.29, 1.82) is 0 Å². The number of benzene rings is 1. The minimum atomic E-state index is 0.370. The molecule has 5 nitrogen and oxygen atoms in total. The molecule has 1 N–H and O–H groups in total. The van der Waals surface area contributed by atoms with E-state index >= 15 is 0 Å². The maximum atomic E-state index is 5.83. The Labute approximate surface area is 127 Å². The largest absolute Gasteiger partial charge is 0.365 e. The summed E-state index contributed by atoms with van der Waals surface area (Å²) in [6, 6.07) is 10.1. The molecule has 0 saturated carbocycles. The van der Waals surface area contributed by atoms with E-state index in [1.165, 1.54) is 6.20 Å². The van der Waals surface area contributed by atoms with Gasteiger partial charge in [-0.3, -0.25) is 9.67 Å². The van der Waals surface area contributed by atoms with Gasteiger partial charge in [-0.15, -0.1) is 0 Å². The van der Waals surface area contributed by atoms with Crippen LogP contribution in [-0.2, 0) is 13.6 Å². The maximum Gasteiger partial charge on any atom is 0.149 e. The standard InChI is InChI=1S/C15H14ClN5/c1-21-10-12(7-18-14-9-17-8-13(16)19-14)15(20-21)11-5-3-2-4-6-11/h2-6,8-10H,7H2,1H3,(H,18,19). The third kappa shape index (κ3) is 3.20. The van der Waals surface area contributed by atoms with Gasteiger partial charge in [0.25, 0.3) is 0 Å². The summed E-state index contributed by atoms with van der Waals surface area (Å²) in [6.07, 6.45) is 5.14. The second kappa shape index (κ2) is 5.93. The molecular formula is C15H14ClN5. The quantitative estimate of drug-likeness (QED) is 0.804. The molecule has 3 rings (SSSR count). The number of hydrogen-bond acceptors (Lipinski definition) is 4. The predicted octanol–water partition coefficient (Wildman–Crippen LogP) is 3.14. The number of halogens is 1. The van der Waals surface area contributed by atoms with Crippen molar-refractivity contribution in [2.45, 2.75) is 6.54 Å². The van der Waals surface area contributed by atoms with E-state index in [0.717, 1.165) is 16.8 Å². The van der Waals surface area contributed by atoms with Crippen LogP contribution in [0.4, 0.5) is 5.82 Å². The number of rotatable bonds is 4. The van der Waals surface area contributed by atoms with Gasteiger partial charge in [-0.25, -0.2) is 4.98 Å². The van der Waals surface area contributed by atoms with Gasteiger partial charge < -0.3 is 5.32 Å². The minimum Gasteiger partial charge on any atom is -0.365 e. The molecule has 0 aliphatic rings. The van der Waals surface area contributed by atoms with Crippen molar-refractivity contribution in [2.75, 3.05) is 5.32 Å². The molecule has 2 heterocycles. The van der Waals surface area contributed by atoms with Gasteiger partial charge in [0.2, 0.25) is 0 Å². The lowest BCUT2D eigenvalue weighted by atomic mass is 10.1. The molecule has 2 aromatic heterocycles. The molecule has 1 aromatic carbocycles. The van der Waals surface area contributed by atoms with Crippen molar-refractivity contribution in [3.05, 3.63) is 59.6 Å². The monoisotopic (exact) mass is 299 g/mol. The first-order valence-electron chi connectivity index (χ1n) is 6.52. The number of hydrogen-bond donors (Lipinski definition) is 1. The lowest BCUT2D eigenvalue weighted by Crippen LogP contribution is -2.02. The van der Waals surface area contributed by atoms with Gasteiger partial charge in [0, 0.05) is 30.9 Å². The van der Waals surface area contributed by atoms with Crippen LogP contribution in [0.3, 0.4) is 0 Å². The zero-order valence-electron chi connectivity index (χ0n) is 11.5. The van der Waals surface area contributed by atoms with Crippen molar-refractivity contribution in [1.82, 2.24) is 19.7 Å². The third-order valence-corrected chi connectivity index (χ3v) is 3.20. The van der Waals surface area contributed by atoms with E-state index in [-0.39, 0.29) is 0 Å². The fourth-order valence-electron chi connectivity index (χ4n) is 2.12. The average Bonchev–Trinajstić information content (AvgIpc) is 2.87. The highest BCUT2D eigenvalue weighted by Gasteiger charge is 2.10. The summed E-state index contributed by atoms with van der Waals surface area (Å²) in [5, 5.41) is 8.11. The van der Waals surface area contributed by atoms with E-state index in [1.807, 2.05) is 48.3 Å². The second-order valence-corrected chi connectivity index (χ2v) is 5.01. The Morgan fingerprint density at radius 1 is 1.19 bits per heavy atom. The van der Waals surface area contributed by atoms with Crippen molar-refractivity contribution < 1.29 is 0 Å². The van der Waals surface area contributed by atoms with Gasteiger partial charge in [-0.2, -0.15) is 5.10 Å². The van der Waals surface area contributed by atoms with E-state index in [9.17, 15) is 0 Å². The van der Waals surface area contributed by atoms with Crippen LogP contribution in [-0.4, -0.2) is 19.7 Å². The molecule has 0 spiro atoms. The van der Waals surface area contributed by atoms with Crippen LogP contribution >= 0.6 is 11.6 Å². The number of nitrogens with zero attached hydrogens (tertiary/aromatic N) is 4. The third-order valence-electron chi connectivity index (χ3n) is 3.02. The minimum absolute atomic E-state index is 0.370. The summed E-state index contributed by atoms with van der Waals surface area (Å²) in [4.78, 5) is 8.17. The predicted molar refractivity (Wildman–Crippen MR) is 83.0 cm³/mol. The molecule has 0 aliphatic heterocycles. The molecule has 0 aliphatic carbocycles. The maximum absolute atomic E-state index is 5.83. The number of anilines is 1. The van der Waals surface area contributed by atoms with Crippen LogP contribution in [0.1, 0.15) is 5.56 Å². The van der Waals surface area contributed by atoms with Crippen LogP contribution in [0.5, 0.6) is 0 Å². The molecule has 0 atom stereocenters. The SMILES string of the molecule is Cn1cc(CNc2cncc(Cl)n2)c(-c2ccccc2)n1. The van der Waals surface area contributed by atoms with Crippen LogP contribution in [0.15, 0.2) is 48.9 Å². The molecule has 0 radical (unpaired) electrons. The summed E-state index contributed by atoms with van der Waals surface area (Å²) in [6.45, 7) is 0.604. The first-order chi connectivity index (χ1) is 10.2. The summed E-state index contributed by atoms with van der Waals surface area (Å²) in [5.74, 6) is 0.644. The highest BCUT2D eigenvalue weighted by atomic mass is 35.5. The molecule has 0 bridgehead atoms.